The minimum Gasteiger partial charge on any atom is -0.480 e. The van der Waals surface area contributed by atoms with Crippen molar-refractivity contribution in [2.45, 2.75) is 13.0 Å². The molecular weight excluding hydrogens is 304 g/mol. The number of carbonyl (C=O) groups excluding carboxylic acids is 3. The molecule has 2 N–H and O–H groups in total. The number of aliphatic carboxylic acids is 1. The van der Waals surface area contributed by atoms with Gasteiger partial charge in [0, 0.05) is 7.11 Å². The number of amides is 3. The van der Waals surface area contributed by atoms with Crippen molar-refractivity contribution in [1.82, 2.24) is 10.2 Å². The molecule has 0 saturated carbocycles. The van der Waals surface area contributed by atoms with Crippen LogP contribution in [0.15, 0.2) is 18.2 Å². The Morgan fingerprint density at radius 3 is 2.52 bits per heavy atom. The van der Waals surface area contributed by atoms with Crippen LogP contribution in [0.3, 0.4) is 0 Å². The van der Waals surface area contributed by atoms with E-state index in [4.69, 9.17) is 9.84 Å². The molecule has 0 saturated heterocycles. The highest BCUT2D eigenvalue weighted by atomic mass is 16.5. The number of hydrogen-bond acceptors (Lipinski definition) is 5. The average molecular weight is 320 g/mol. The van der Waals surface area contributed by atoms with Crippen LogP contribution in [0.1, 0.15) is 26.3 Å². The maximum atomic E-state index is 12.2. The van der Waals surface area contributed by atoms with E-state index in [1.165, 1.54) is 13.2 Å². The van der Waals surface area contributed by atoms with Gasteiger partial charge in [-0.15, -0.1) is 0 Å². The summed E-state index contributed by atoms with van der Waals surface area (Å²) in [5.41, 5.74) is 1.30. The summed E-state index contributed by atoms with van der Waals surface area (Å²) in [6.07, 6.45) is 0. The number of hydrogen-bond donors (Lipinski definition) is 2. The van der Waals surface area contributed by atoms with Crippen LogP contribution in [-0.4, -0.2) is 60.0 Å². The Kier molecular flexibility index (Phi) is 4.75. The normalized spacial score (nSPS) is 14.6. The molecule has 1 unspecified atom stereocenters. The first kappa shape index (κ1) is 16.6. The molecule has 1 aliphatic rings. The summed E-state index contributed by atoms with van der Waals surface area (Å²) < 4.78 is 4.70. The van der Waals surface area contributed by atoms with Crippen molar-refractivity contribution in [3.8, 4) is 0 Å². The van der Waals surface area contributed by atoms with Gasteiger partial charge in [-0.3, -0.25) is 19.3 Å². The Balaban J connectivity index is 2.09. The maximum Gasteiger partial charge on any atom is 0.328 e. The molecule has 1 aromatic rings. The van der Waals surface area contributed by atoms with Gasteiger partial charge in [0.05, 0.1) is 17.7 Å². The Bertz CT molecular complexity index is 685. The molecule has 8 heteroatoms. The predicted octanol–water partition coefficient (Wildman–Crippen LogP) is -0.193. The first-order chi connectivity index (χ1) is 10.8. The Morgan fingerprint density at radius 1 is 1.26 bits per heavy atom. The lowest BCUT2D eigenvalue weighted by Gasteiger charge is -2.17. The van der Waals surface area contributed by atoms with Gasteiger partial charge in [-0.05, 0) is 19.1 Å². The zero-order valence-electron chi connectivity index (χ0n) is 12.7. The van der Waals surface area contributed by atoms with E-state index < -0.39 is 36.3 Å². The van der Waals surface area contributed by atoms with Crippen LogP contribution in [-0.2, 0) is 14.3 Å². The van der Waals surface area contributed by atoms with Gasteiger partial charge in [0.25, 0.3) is 11.8 Å². The van der Waals surface area contributed by atoms with Crippen molar-refractivity contribution in [2.75, 3.05) is 20.3 Å². The van der Waals surface area contributed by atoms with E-state index in [9.17, 15) is 19.2 Å². The summed E-state index contributed by atoms with van der Waals surface area (Å²) >= 11 is 0. The number of aryl methyl sites for hydroxylation is 1. The summed E-state index contributed by atoms with van der Waals surface area (Å²) in [6, 6.07) is 3.57. The van der Waals surface area contributed by atoms with Gasteiger partial charge in [0.15, 0.2) is 6.04 Å². The third-order valence-electron chi connectivity index (χ3n) is 3.39. The predicted molar refractivity (Wildman–Crippen MR) is 78.0 cm³/mol. The summed E-state index contributed by atoms with van der Waals surface area (Å²) in [6.45, 7) is 1.02. The lowest BCUT2D eigenvalue weighted by molar-refractivity contribution is -0.143. The van der Waals surface area contributed by atoms with Gasteiger partial charge >= 0.3 is 5.97 Å². The van der Waals surface area contributed by atoms with Crippen molar-refractivity contribution in [3.63, 3.8) is 0 Å². The van der Waals surface area contributed by atoms with Crippen LogP contribution in [0.2, 0.25) is 0 Å². The molecule has 1 aromatic carbocycles. The average Bonchev–Trinajstić information content (AvgIpc) is 2.71. The number of fused-ring (bicyclic) bond motifs is 1. The lowest BCUT2D eigenvalue weighted by atomic mass is 10.1. The lowest BCUT2D eigenvalue weighted by Crippen LogP contribution is -2.48. The fraction of sp³-hybridized carbons (Fsp3) is 0.333. The molecule has 122 valence electrons. The molecule has 0 bridgehead atoms. The van der Waals surface area contributed by atoms with Crippen molar-refractivity contribution in [3.05, 3.63) is 34.9 Å². The molecular formula is C15H16N2O6. The summed E-state index contributed by atoms with van der Waals surface area (Å²) in [4.78, 5) is 48.1. The van der Waals surface area contributed by atoms with E-state index in [1.54, 1.807) is 19.1 Å². The third-order valence-corrected chi connectivity index (χ3v) is 3.39. The molecule has 3 amide bonds. The van der Waals surface area contributed by atoms with Crippen molar-refractivity contribution in [1.29, 1.82) is 0 Å². The van der Waals surface area contributed by atoms with Crippen LogP contribution >= 0.6 is 0 Å². The molecule has 1 heterocycles. The molecule has 0 radical (unpaired) electrons. The number of nitrogens with one attached hydrogen (secondary N) is 1. The number of carboxylic acid groups (broad SMARTS) is 1. The van der Waals surface area contributed by atoms with E-state index in [1.807, 2.05) is 0 Å². The van der Waals surface area contributed by atoms with Gasteiger partial charge in [0.1, 0.15) is 6.54 Å². The zero-order valence-corrected chi connectivity index (χ0v) is 12.7. The topological polar surface area (TPSA) is 113 Å². The molecule has 0 aliphatic carbocycles. The highest BCUT2D eigenvalue weighted by Gasteiger charge is 2.37. The number of imide groups is 1. The minimum atomic E-state index is -1.27. The largest absolute Gasteiger partial charge is 0.480 e. The summed E-state index contributed by atoms with van der Waals surface area (Å²) in [5, 5.41) is 11.2. The quantitative estimate of drug-likeness (QED) is 0.702. The number of carbonyl (C=O) groups is 4. The Labute approximate surface area is 132 Å². The van der Waals surface area contributed by atoms with E-state index in [0.717, 1.165) is 10.5 Å². The van der Waals surface area contributed by atoms with Crippen molar-refractivity contribution < 1.29 is 29.0 Å². The fourth-order valence-electron chi connectivity index (χ4n) is 2.27. The molecule has 2 rings (SSSR count). The van der Waals surface area contributed by atoms with Gasteiger partial charge < -0.3 is 15.2 Å². The second kappa shape index (κ2) is 6.57. The van der Waals surface area contributed by atoms with Crippen molar-refractivity contribution in [2.24, 2.45) is 0 Å². The smallest absolute Gasteiger partial charge is 0.328 e. The van der Waals surface area contributed by atoms with E-state index in [-0.39, 0.29) is 17.7 Å². The molecule has 1 aliphatic heterocycles. The standard InChI is InChI=1S/C15H16N2O6/c1-8-3-4-9-10(5-8)14(20)17(13(9)19)6-12(18)16-11(7-23-2)15(21)22/h3-5,11H,6-7H2,1-2H3,(H,16,18)(H,21,22). The molecule has 23 heavy (non-hydrogen) atoms. The SMILES string of the molecule is COCC(NC(=O)CN1C(=O)c2ccc(C)cc2C1=O)C(=O)O. The number of ether oxygens (including phenoxy) is 1. The molecule has 1 atom stereocenters. The first-order valence-electron chi connectivity index (χ1n) is 6.83. The number of carboxylic acids is 1. The van der Waals surface area contributed by atoms with E-state index in [2.05, 4.69) is 5.32 Å². The number of rotatable bonds is 6. The minimum absolute atomic E-state index is 0.220. The van der Waals surface area contributed by atoms with Crippen LogP contribution in [0, 0.1) is 6.92 Å². The molecule has 0 spiro atoms. The monoisotopic (exact) mass is 320 g/mol. The van der Waals surface area contributed by atoms with Gasteiger partial charge in [-0.1, -0.05) is 11.6 Å². The van der Waals surface area contributed by atoms with Crippen LogP contribution < -0.4 is 5.32 Å². The third kappa shape index (κ3) is 3.37. The number of methoxy groups -OCH3 is 1. The molecule has 0 aromatic heterocycles. The summed E-state index contributed by atoms with van der Waals surface area (Å²) in [5.74, 6) is -3.15. The van der Waals surface area contributed by atoms with Crippen LogP contribution in [0.25, 0.3) is 0 Å². The summed E-state index contributed by atoms with van der Waals surface area (Å²) in [7, 11) is 1.30. The maximum absolute atomic E-state index is 12.2. The number of benzene rings is 1. The van der Waals surface area contributed by atoms with Gasteiger partial charge in [0.2, 0.25) is 5.91 Å². The van der Waals surface area contributed by atoms with E-state index >= 15 is 0 Å². The fourth-order valence-corrected chi connectivity index (χ4v) is 2.27. The Morgan fingerprint density at radius 2 is 1.91 bits per heavy atom. The van der Waals surface area contributed by atoms with E-state index in [0.29, 0.717) is 0 Å². The van der Waals surface area contributed by atoms with Crippen LogP contribution in [0.5, 0.6) is 0 Å². The van der Waals surface area contributed by atoms with Gasteiger partial charge in [-0.25, -0.2) is 4.79 Å². The van der Waals surface area contributed by atoms with Crippen LogP contribution in [0.4, 0.5) is 0 Å². The zero-order chi connectivity index (χ0) is 17.1. The van der Waals surface area contributed by atoms with Gasteiger partial charge in [-0.2, -0.15) is 0 Å². The molecule has 0 fully saturated rings. The number of nitrogens with zero attached hydrogens (tertiary/aromatic N) is 1. The highest BCUT2D eigenvalue weighted by molar-refractivity contribution is 6.22. The second-order valence-corrected chi connectivity index (χ2v) is 5.16. The highest BCUT2D eigenvalue weighted by Crippen LogP contribution is 2.23. The Hall–Kier alpha value is -2.74. The molecule has 8 nitrogen and oxygen atoms in total. The second-order valence-electron chi connectivity index (χ2n) is 5.16. The first-order valence-corrected chi connectivity index (χ1v) is 6.83. The van der Waals surface area contributed by atoms with Crippen molar-refractivity contribution >= 4 is 23.7 Å².